The molecule has 2 amide bonds. The molecule has 0 fully saturated rings. The van der Waals surface area contributed by atoms with E-state index < -0.39 is 11.8 Å². The van der Waals surface area contributed by atoms with Gasteiger partial charge in [0, 0.05) is 10.1 Å². The summed E-state index contributed by atoms with van der Waals surface area (Å²) in [5.41, 5.74) is 6.23. The predicted octanol–water partition coefficient (Wildman–Crippen LogP) is 3.75. The number of halogens is 1. The van der Waals surface area contributed by atoms with Crippen LogP contribution in [-0.4, -0.2) is 18.4 Å². The summed E-state index contributed by atoms with van der Waals surface area (Å²) in [7, 11) is 0. The fourth-order valence-electron chi connectivity index (χ4n) is 2.77. The first-order chi connectivity index (χ1) is 13.0. The Bertz CT molecular complexity index is 1000. The van der Waals surface area contributed by atoms with Gasteiger partial charge in [-0.15, -0.1) is 11.3 Å². The molecule has 0 spiro atoms. The van der Waals surface area contributed by atoms with E-state index in [0.717, 1.165) is 12.0 Å². The molecule has 7 heteroatoms. The van der Waals surface area contributed by atoms with Gasteiger partial charge in [0.15, 0.2) is 6.61 Å². The largest absolute Gasteiger partial charge is 0.483 e. The first-order valence-corrected chi connectivity index (χ1v) is 9.30. The maximum Gasteiger partial charge on any atom is 0.280 e. The van der Waals surface area contributed by atoms with Crippen molar-refractivity contribution in [2.24, 2.45) is 0 Å². The molecule has 0 saturated carbocycles. The third-order valence-corrected chi connectivity index (χ3v) is 5.39. The summed E-state index contributed by atoms with van der Waals surface area (Å²) in [6, 6.07) is 12.2. The van der Waals surface area contributed by atoms with Crippen LogP contribution in [0, 0.1) is 12.7 Å². The van der Waals surface area contributed by atoms with Crippen LogP contribution in [0.1, 0.15) is 27.7 Å². The second-order valence-corrected chi connectivity index (χ2v) is 6.97. The number of carbonyl (C=O) groups excluding carboxylic acids is 2. The van der Waals surface area contributed by atoms with E-state index in [4.69, 9.17) is 4.74 Å². The lowest BCUT2D eigenvalue weighted by molar-refractivity contribution is -0.123. The molecule has 140 valence electrons. The number of hydrogen-bond acceptors (Lipinski definition) is 4. The maximum absolute atomic E-state index is 13.9. The topological polar surface area (TPSA) is 67.4 Å². The highest BCUT2D eigenvalue weighted by atomic mass is 32.1. The van der Waals surface area contributed by atoms with E-state index in [1.807, 2.05) is 25.1 Å². The molecule has 0 aliphatic carbocycles. The Hall–Kier alpha value is -2.93. The summed E-state index contributed by atoms with van der Waals surface area (Å²) in [5.74, 6) is -0.709. The van der Waals surface area contributed by atoms with Crippen LogP contribution in [0.3, 0.4) is 0 Å². The van der Waals surface area contributed by atoms with E-state index in [9.17, 15) is 14.0 Å². The van der Waals surface area contributed by atoms with Gasteiger partial charge in [-0.05, 0) is 42.7 Å². The highest BCUT2D eigenvalue weighted by molar-refractivity contribution is 7.21. The molecule has 0 atom stereocenters. The minimum Gasteiger partial charge on any atom is -0.483 e. The minimum absolute atomic E-state index is 0.225. The molecule has 0 saturated heterocycles. The predicted molar refractivity (Wildman–Crippen MR) is 103 cm³/mol. The van der Waals surface area contributed by atoms with E-state index in [0.29, 0.717) is 26.3 Å². The van der Waals surface area contributed by atoms with Crippen LogP contribution in [0.25, 0.3) is 10.1 Å². The Kier molecular flexibility index (Phi) is 5.71. The van der Waals surface area contributed by atoms with Crippen LogP contribution in [0.15, 0.2) is 42.5 Å². The number of para-hydroxylation sites is 1. The highest BCUT2D eigenvalue weighted by Gasteiger charge is 2.18. The molecule has 1 heterocycles. The van der Waals surface area contributed by atoms with Crippen molar-refractivity contribution < 1.29 is 18.7 Å². The fraction of sp³-hybridized carbons (Fsp3) is 0.200. The molecular formula is C20H19FN2O3S. The molecule has 3 aromatic rings. The molecule has 0 aliphatic rings. The van der Waals surface area contributed by atoms with Gasteiger partial charge in [-0.2, -0.15) is 0 Å². The molecule has 0 bridgehead atoms. The van der Waals surface area contributed by atoms with Crippen molar-refractivity contribution >= 4 is 33.2 Å². The monoisotopic (exact) mass is 386 g/mol. The molecular weight excluding hydrogens is 367 g/mol. The Morgan fingerprint density at radius 1 is 1.11 bits per heavy atom. The molecule has 27 heavy (non-hydrogen) atoms. The van der Waals surface area contributed by atoms with Crippen LogP contribution < -0.4 is 15.6 Å². The summed E-state index contributed by atoms with van der Waals surface area (Å²) < 4.78 is 20.1. The quantitative estimate of drug-likeness (QED) is 0.656. The van der Waals surface area contributed by atoms with Crippen LogP contribution in [-0.2, 0) is 11.2 Å². The van der Waals surface area contributed by atoms with Crippen molar-refractivity contribution in [3.63, 3.8) is 0 Å². The number of benzene rings is 2. The highest BCUT2D eigenvalue weighted by Crippen LogP contribution is 2.32. The number of amides is 2. The zero-order valence-electron chi connectivity index (χ0n) is 15.0. The SMILES string of the molecule is CCc1ccccc1OCC(=O)NNC(=O)c1sc2cccc(F)c2c1C. The lowest BCUT2D eigenvalue weighted by Crippen LogP contribution is -2.43. The fourth-order valence-corrected chi connectivity index (χ4v) is 3.89. The molecule has 2 N–H and O–H groups in total. The maximum atomic E-state index is 13.9. The van der Waals surface area contributed by atoms with Crippen molar-refractivity contribution in [3.05, 3.63) is 64.3 Å². The van der Waals surface area contributed by atoms with Gasteiger partial charge >= 0.3 is 0 Å². The van der Waals surface area contributed by atoms with Crippen molar-refractivity contribution in [2.75, 3.05) is 6.61 Å². The number of rotatable bonds is 5. The normalized spacial score (nSPS) is 10.6. The number of hydrazine groups is 1. The van der Waals surface area contributed by atoms with Gasteiger partial charge in [0.05, 0.1) is 4.88 Å². The third kappa shape index (κ3) is 4.09. The molecule has 1 aromatic heterocycles. The summed E-state index contributed by atoms with van der Waals surface area (Å²) in [5, 5.41) is 0.429. The van der Waals surface area contributed by atoms with Crippen molar-refractivity contribution in [1.82, 2.24) is 10.9 Å². The lowest BCUT2D eigenvalue weighted by Gasteiger charge is -2.11. The second kappa shape index (κ2) is 8.18. The number of nitrogens with one attached hydrogen (secondary N) is 2. The van der Waals surface area contributed by atoms with Crippen molar-refractivity contribution in [2.45, 2.75) is 20.3 Å². The van der Waals surface area contributed by atoms with Gasteiger partial charge in [0.1, 0.15) is 11.6 Å². The molecule has 0 aliphatic heterocycles. The Balaban J connectivity index is 1.60. The Morgan fingerprint density at radius 2 is 1.89 bits per heavy atom. The molecule has 5 nitrogen and oxygen atoms in total. The Morgan fingerprint density at radius 3 is 2.63 bits per heavy atom. The van der Waals surface area contributed by atoms with E-state index in [1.165, 1.54) is 17.4 Å². The second-order valence-electron chi connectivity index (χ2n) is 5.92. The van der Waals surface area contributed by atoms with Gasteiger partial charge in [0.25, 0.3) is 11.8 Å². The van der Waals surface area contributed by atoms with Gasteiger partial charge in [-0.3, -0.25) is 20.4 Å². The van der Waals surface area contributed by atoms with Gasteiger partial charge < -0.3 is 4.74 Å². The standard InChI is InChI=1S/C20H19FN2O3S/c1-3-13-7-4-5-9-15(13)26-11-17(24)22-23-20(25)19-12(2)18-14(21)8-6-10-16(18)27-19/h4-10H,3,11H2,1-2H3,(H,22,24)(H,23,25). The number of thiophene rings is 1. The smallest absolute Gasteiger partial charge is 0.280 e. The third-order valence-electron chi connectivity index (χ3n) is 4.14. The molecule has 0 radical (unpaired) electrons. The molecule has 2 aromatic carbocycles. The van der Waals surface area contributed by atoms with Crippen LogP contribution in [0.4, 0.5) is 4.39 Å². The lowest BCUT2D eigenvalue weighted by atomic mass is 10.1. The summed E-state index contributed by atoms with van der Waals surface area (Å²) in [4.78, 5) is 24.7. The van der Waals surface area contributed by atoms with E-state index in [2.05, 4.69) is 10.9 Å². The minimum atomic E-state index is -0.490. The number of fused-ring (bicyclic) bond motifs is 1. The van der Waals surface area contributed by atoms with Gasteiger partial charge in [-0.25, -0.2) is 4.39 Å². The zero-order chi connectivity index (χ0) is 19.4. The first kappa shape index (κ1) is 18.8. The summed E-state index contributed by atoms with van der Waals surface area (Å²) in [6.07, 6.45) is 0.788. The average molecular weight is 386 g/mol. The molecule has 0 unspecified atom stereocenters. The number of carbonyl (C=O) groups is 2. The number of aryl methyl sites for hydroxylation is 2. The van der Waals surface area contributed by atoms with Crippen LogP contribution in [0.5, 0.6) is 5.75 Å². The van der Waals surface area contributed by atoms with Gasteiger partial charge in [0.2, 0.25) is 0 Å². The zero-order valence-corrected chi connectivity index (χ0v) is 15.8. The van der Waals surface area contributed by atoms with E-state index >= 15 is 0 Å². The summed E-state index contributed by atoms with van der Waals surface area (Å²) >= 11 is 1.18. The van der Waals surface area contributed by atoms with Gasteiger partial charge in [-0.1, -0.05) is 31.2 Å². The van der Waals surface area contributed by atoms with Crippen molar-refractivity contribution in [3.8, 4) is 5.75 Å². The average Bonchev–Trinajstić information content (AvgIpc) is 3.02. The van der Waals surface area contributed by atoms with E-state index in [-0.39, 0.29) is 12.4 Å². The first-order valence-electron chi connectivity index (χ1n) is 8.48. The molecule has 3 rings (SSSR count). The van der Waals surface area contributed by atoms with E-state index in [1.54, 1.807) is 25.1 Å². The van der Waals surface area contributed by atoms with Crippen molar-refractivity contribution in [1.29, 1.82) is 0 Å². The van der Waals surface area contributed by atoms with Crippen LogP contribution >= 0.6 is 11.3 Å². The number of ether oxygens (including phenoxy) is 1. The summed E-state index contributed by atoms with van der Waals surface area (Å²) in [6.45, 7) is 3.46. The van der Waals surface area contributed by atoms with Crippen LogP contribution in [0.2, 0.25) is 0 Å². The number of hydrogen-bond donors (Lipinski definition) is 2. The Labute approximate surface area is 160 Å².